The zero-order valence-corrected chi connectivity index (χ0v) is 27.7. The first kappa shape index (κ1) is 33.0. The first-order valence-corrected chi connectivity index (χ1v) is 16.0. The summed E-state index contributed by atoms with van der Waals surface area (Å²) in [7, 11) is 4.84. The number of fused-ring (bicyclic) bond motifs is 1. The summed E-state index contributed by atoms with van der Waals surface area (Å²) in [5.74, 6) is 1.33. The molecule has 4 aromatic carbocycles. The van der Waals surface area contributed by atoms with Crippen LogP contribution in [0.2, 0.25) is 0 Å². The third-order valence-electron chi connectivity index (χ3n) is 8.76. The van der Waals surface area contributed by atoms with E-state index in [2.05, 4.69) is 27.3 Å². The molecule has 6 rings (SSSR count). The molecule has 0 atom stereocenters. The van der Waals surface area contributed by atoms with Crippen molar-refractivity contribution in [3.8, 4) is 17.2 Å². The van der Waals surface area contributed by atoms with Gasteiger partial charge in [0.1, 0.15) is 16.4 Å². The lowest BCUT2D eigenvalue weighted by Crippen LogP contribution is -2.52. The topological polar surface area (TPSA) is 126 Å². The lowest BCUT2D eigenvalue weighted by Gasteiger charge is -2.29. The van der Waals surface area contributed by atoms with E-state index in [1.165, 1.54) is 40.4 Å². The molecule has 10 nitrogen and oxygen atoms in total. The van der Waals surface area contributed by atoms with E-state index in [1.807, 2.05) is 24.3 Å². The van der Waals surface area contributed by atoms with Crippen molar-refractivity contribution in [3.05, 3.63) is 150 Å². The van der Waals surface area contributed by atoms with Crippen molar-refractivity contribution < 1.29 is 19.4 Å². The summed E-state index contributed by atoms with van der Waals surface area (Å²) in [6, 6.07) is 25.2. The van der Waals surface area contributed by atoms with Crippen LogP contribution in [0.1, 0.15) is 38.2 Å². The molecule has 1 aliphatic rings. The second-order valence-electron chi connectivity index (χ2n) is 12.0. The van der Waals surface area contributed by atoms with Gasteiger partial charge in [-0.3, -0.25) is 19.3 Å². The molecule has 250 valence electrons. The molecule has 10 heteroatoms. The van der Waals surface area contributed by atoms with E-state index >= 15 is 0 Å². The van der Waals surface area contributed by atoms with Gasteiger partial charge in [0.05, 0.1) is 14.2 Å². The van der Waals surface area contributed by atoms with Crippen molar-refractivity contribution in [2.45, 2.75) is 19.4 Å². The van der Waals surface area contributed by atoms with E-state index in [0.29, 0.717) is 22.4 Å². The Labute approximate surface area is 283 Å². The molecule has 1 aliphatic heterocycles. The molecular formula is C39H38N4O6. The Morgan fingerprint density at radius 2 is 1.61 bits per heavy atom. The fourth-order valence-electron chi connectivity index (χ4n) is 5.98. The molecule has 0 saturated carbocycles. The van der Waals surface area contributed by atoms with Crippen LogP contribution in [0.5, 0.6) is 17.2 Å². The number of ether oxygens (including phenoxy) is 2. The smallest absolute Gasteiger partial charge is 0.274 e. The minimum Gasteiger partial charge on any atom is -0.508 e. The second-order valence-corrected chi connectivity index (χ2v) is 12.0. The van der Waals surface area contributed by atoms with E-state index in [0.717, 1.165) is 44.0 Å². The molecule has 1 aromatic heterocycles. The van der Waals surface area contributed by atoms with Crippen molar-refractivity contribution in [1.82, 2.24) is 14.5 Å². The van der Waals surface area contributed by atoms with Crippen LogP contribution in [0.25, 0.3) is 12.2 Å². The van der Waals surface area contributed by atoms with Gasteiger partial charge in [0.15, 0.2) is 11.5 Å². The lowest BCUT2D eigenvalue weighted by molar-refractivity contribution is 0.102. The maximum atomic E-state index is 13.1. The maximum absolute atomic E-state index is 13.1. The fraction of sp³-hybridized carbons (Fsp3) is 0.205. The van der Waals surface area contributed by atoms with Crippen LogP contribution in [0.4, 0.5) is 5.69 Å². The minimum absolute atomic E-state index is 0.0947. The highest BCUT2D eigenvalue weighted by Gasteiger charge is 2.19. The number of hydrogen-bond acceptors (Lipinski definition) is 7. The van der Waals surface area contributed by atoms with Gasteiger partial charge in [0, 0.05) is 37.9 Å². The van der Waals surface area contributed by atoms with E-state index in [4.69, 9.17) is 9.47 Å². The number of carbonyl (C=O) groups is 1. The quantitative estimate of drug-likeness (QED) is 0.222. The van der Waals surface area contributed by atoms with Crippen LogP contribution in [0.3, 0.4) is 0 Å². The highest BCUT2D eigenvalue weighted by molar-refractivity contribution is 6.04. The minimum atomic E-state index is -0.443. The number of aromatic nitrogens is 2. The van der Waals surface area contributed by atoms with Gasteiger partial charge in [-0.2, -0.15) is 0 Å². The number of H-pyrrole nitrogens is 1. The molecule has 0 radical (unpaired) electrons. The van der Waals surface area contributed by atoms with E-state index < -0.39 is 11.1 Å². The summed E-state index contributed by atoms with van der Waals surface area (Å²) in [6.07, 6.45) is 4.96. The fourth-order valence-corrected chi connectivity index (χ4v) is 5.98. The number of phenols is 1. The Kier molecular flexibility index (Phi) is 9.77. The molecule has 0 fully saturated rings. The van der Waals surface area contributed by atoms with Gasteiger partial charge in [-0.25, -0.2) is 0 Å². The van der Waals surface area contributed by atoms with E-state index in [9.17, 15) is 19.5 Å². The summed E-state index contributed by atoms with van der Waals surface area (Å²) in [5.41, 5.74) is 5.23. The molecule has 0 aliphatic carbocycles. The molecular weight excluding hydrogens is 620 g/mol. The SMILES string of the molecule is COc1cc2c(cc1OC)CN(CCc1ccc(NC(=O)c3cccc(/C=c4\[nH]c(=O)/c(=C/c5ccc(O)cc5)n(C)c4=O)c3)cc1)CC2. The summed E-state index contributed by atoms with van der Waals surface area (Å²) >= 11 is 0. The zero-order valence-electron chi connectivity index (χ0n) is 27.7. The second kappa shape index (κ2) is 14.5. The molecule has 0 spiro atoms. The van der Waals surface area contributed by atoms with Gasteiger partial charge in [0.25, 0.3) is 17.0 Å². The largest absolute Gasteiger partial charge is 0.508 e. The number of hydrogen-bond donors (Lipinski definition) is 3. The predicted octanol–water partition coefficient (Wildman–Crippen LogP) is 3.31. The van der Waals surface area contributed by atoms with Gasteiger partial charge in [-0.15, -0.1) is 0 Å². The van der Waals surface area contributed by atoms with Gasteiger partial charge in [-0.1, -0.05) is 36.4 Å². The molecule has 49 heavy (non-hydrogen) atoms. The van der Waals surface area contributed by atoms with Crippen molar-refractivity contribution in [2.75, 3.05) is 32.6 Å². The molecule has 0 saturated heterocycles. The number of amides is 1. The number of aromatic hydroxyl groups is 1. The van der Waals surface area contributed by atoms with Crippen molar-refractivity contribution in [1.29, 1.82) is 0 Å². The van der Waals surface area contributed by atoms with Gasteiger partial charge in [-0.05, 0) is 101 Å². The summed E-state index contributed by atoms with van der Waals surface area (Å²) in [6.45, 7) is 2.75. The maximum Gasteiger partial charge on any atom is 0.274 e. The summed E-state index contributed by atoms with van der Waals surface area (Å²) in [5, 5.41) is 12.7. The number of anilines is 1. The van der Waals surface area contributed by atoms with Crippen LogP contribution < -0.4 is 36.6 Å². The highest BCUT2D eigenvalue weighted by Crippen LogP contribution is 2.33. The third kappa shape index (κ3) is 7.66. The molecule has 0 unspecified atom stereocenters. The number of phenolic OH excluding ortho intramolecular Hbond substituents is 1. The number of methoxy groups -OCH3 is 2. The summed E-state index contributed by atoms with van der Waals surface area (Å²) in [4.78, 5) is 44.3. The van der Waals surface area contributed by atoms with Crippen LogP contribution in [-0.2, 0) is 26.4 Å². The molecule has 1 amide bonds. The number of rotatable bonds is 9. The first-order valence-electron chi connectivity index (χ1n) is 16.0. The molecule has 3 N–H and O–H groups in total. The Balaban J connectivity index is 1.10. The molecule has 2 heterocycles. The van der Waals surface area contributed by atoms with Gasteiger partial charge >= 0.3 is 0 Å². The number of aromatic amines is 1. The first-order chi connectivity index (χ1) is 23.7. The molecule has 0 bridgehead atoms. The van der Waals surface area contributed by atoms with E-state index in [1.54, 1.807) is 62.8 Å². The van der Waals surface area contributed by atoms with Crippen LogP contribution in [0.15, 0.2) is 94.5 Å². The van der Waals surface area contributed by atoms with Crippen LogP contribution in [-0.4, -0.2) is 52.8 Å². The Hall–Kier alpha value is -5.87. The zero-order chi connectivity index (χ0) is 34.5. The Morgan fingerprint density at radius 1 is 0.898 bits per heavy atom. The average Bonchev–Trinajstić information content (AvgIpc) is 3.12. The highest BCUT2D eigenvalue weighted by atomic mass is 16.5. The summed E-state index contributed by atoms with van der Waals surface area (Å²) < 4.78 is 12.2. The average molecular weight is 659 g/mol. The monoisotopic (exact) mass is 658 g/mol. The van der Waals surface area contributed by atoms with Gasteiger partial charge < -0.3 is 29.4 Å². The number of benzene rings is 4. The van der Waals surface area contributed by atoms with Crippen molar-refractivity contribution in [3.63, 3.8) is 0 Å². The molecule has 5 aromatic rings. The van der Waals surface area contributed by atoms with Crippen LogP contribution in [0, 0.1) is 0 Å². The van der Waals surface area contributed by atoms with Crippen molar-refractivity contribution >= 4 is 23.7 Å². The lowest BCUT2D eigenvalue weighted by atomic mass is 9.98. The standard InChI is InChI=1S/C39H38N4O6/c1-42-34(21-26-9-13-32(44)14-10-26)38(46)41-33(39(42)47)20-27-5-4-6-29(19-27)37(45)40-31-11-7-25(8-12-31)15-17-43-18-16-28-22-35(48-2)36(49-3)23-30(28)24-43/h4-14,19-23,44H,15-18,24H2,1-3H3,(H,40,45)(H,41,46)/b33-20-,34-21-. The number of nitrogens with one attached hydrogen (secondary N) is 2. The van der Waals surface area contributed by atoms with E-state index in [-0.39, 0.29) is 22.4 Å². The van der Waals surface area contributed by atoms with Gasteiger partial charge in [0.2, 0.25) is 0 Å². The number of carbonyl (C=O) groups excluding carboxylic acids is 1. The van der Waals surface area contributed by atoms with Crippen LogP contribution >= 0.6 is 0 Å². The normalized spacial score (nSPS) is 13.6. The third-order valence-corrected chi connectivity index (χ3v) is 8.76. The predicted molar refractivity (Wildman–Crippen MR) is 190 cm³/mol. The number of nitrogens with zero attached hydrogens (tertiary/aromatic N) is 2. The van der Waals surface area contributed by atoms with Crippen molar-refractivity contribution in [2.24, 2.45) is 7.05 Å². The Morgan fingerprint density at radius 3 is 2.33 bits per heavy atom. The Bertz CT molecular complexity index is 2240.